The molecule has 0 saturated carbocycles. The molecule has 2 saturated heterocycles. The number of imide groups is 1. The van der Waals surface area contributed by atoms with Gasteiger partial charge in [0.1, 0.15) is 0 Å². The first-order valence-corrected chi connectivity index (χ1v) is 6.41. The maximum atomic E-state index is 11.8. The summed E-state index contributed by atoms with van der Waals surface area (Å²) in [6.45, 7) is 1.81. The van der Waals surface area contributed by atoms with Crippen molar-refractivity contribution >= 4 is 17.7 Å². The Morgan fingerprint density at radius 1 is 1.33 bits per heavy atom. The summed E-state index contributed by atoms with van der Waals surface area (Å²) in [5.41, 5.74) is 0. The minimum Gasteiger partial charge on any atom is -0.342 e. The van der Waals surface area contributed by atoms with E-state index in [-0.39, 0.29) is 24.3 Å². The summed E-state index contributed by atoms with van der Waals surface area (Å²) in [6, 6.07) is -0.403. The van der Waals surface area contributed by atoms with Gasteiger partial charge in [0.15, 0.2) is 0 Å². The van der Waals surface area contributed by atoms with Crippen LogP contribution in [0.1, 0.15) is 25.7 Å². The van der Waals surface area contributed by atoms with Crippen molar-refractivity contribution in [2.45, 2.75) is 31.7 Å². The third-order valence-corrected chi connectivity index (χ3v) is 3.61. The van der Waals surface area contributed by atoms with Crippen molar-refractivity contribution in [3.63, 3.8) is 0 Å². The molecule has 1 N–H and O–H groups in total. The molecular formula is C12H19N3O3. The van der Waals surface area contributed by atoms with Crippen LogP contribution in [0.4, 0.5) is 0 Å². The number of carbonyl (C=O) groups excluding carboxylic acids is 3. The van der Waals surface area contributed by atoms with Crippen LogP contribution in [0.15, 0.2) is 0 Å². The lowest BCUT2D eigenvalue weighted by molar-refractivity contribution is -0.148. The number of nitrogens with zero attached hydrogens (tertiary/aromatic N) is 2. The van der Waals surface area contributed by atoms with E-state index in [9.17, 15) is 14.4 Å². The number of amides is 3. The summed E-state index contributed by atoms with van der Waals surface area (Å²) in [4.78, 5) is 37.9. The lowest BCUT2D eigenvalue weighted by atomic mass is 10.0. The second kappa shape index (κ2) is 5.48. The van der Waals surface area contributed by atoms with Crippen LogP contribution in [0.25, 0.3) is 0 Å². The van der Waals surface area contributed by atoms with Crippen LogP contribution in [0.3, 0.4) is 0 Å². The van der Waals surface area contributed by atoms with E-state index in [1.165, 1.54) is 7.05 Å². The highest BCUT2D eigenvalue weighted by molar-refractivity contribution is 6.00. The average molecular weight is 253 g/mol. The van der Waals surface area contributed by atoms with E-state index in [1.807, 2.05) is 4.90 Å². The first-order chi connectivity index (χ1) is 8.59. The molecule has 0 radical (unpaired) electrons. The Hall–Kier alpha value is -1.43. The molecule has 3 amide bonds. The van der Waals surface area contributed by atoms with Crippen LogP contribution in [-0.4, -0.2) is 60.2 Å². The zero-order chi connectivity index (χ0) is 13.1. The van der Waals surface area contributed by atoms with Gasteiger partial charge in [0.2, 0.25) is 17.7 Å². The van der Waals surface area contributed by atoms with Gasteiger partial charge >= 0.3 is 0 Å². The average Bonchev–Trinajstić information content (AvgIpc) is 2.89. The normalized spacial score (nSPS) is 24.8. The number of hydrogen-bond acceptors (Lipinski definition) is 4. The van der Waals surface area contributed by atoms with E-state index in [4.69, 9.17) is 0 Å². The summed E-state index contributed by atoms with van der Waals surface area (Å²) in [7, 11) is 1.49. The Bertz CT molecular complexity index is 364. The molecule has 18 heavy (non-hydrogen) atoms. The Morgan fingerprint density at radius 2 is 2.00 bits per heavy atom. The van der Waals surface area contributed by atoms with Crippen LogP contribution in [0.2, 0.25) is 0 Å². The molecular weight excluding hydrogens is 234 g/mol. The molecule has 1 atom stereocenters. The zero-order valence-electron chi connectivity index (χ0n) is 10.6. The van der Waals surface area contributed by atoms with Gasteiger partial charge in [0.05, 0.1) is 12.6 Å². The Morgan fingerprint density at radius 3 is 2.67 bits per heavy atom. The van der Waals surface area contributed by atoms with E-state index < -0.39 is 6.04 Å². The second-order valence-electron chi connectivity index (χ2n) is 4.85. The molecule has 0 bridgehead atoms. The monoisotopic (exact) mass is 253 g/mol. The molecule has 6 nitrogen and oxygen atoms in total. The molecule has 100 valence electrons. The summed E-state index contributed by atoms with van der Waals surface area (Å²) >= 11 is 0. The fourth-order valence-corrected chi connectivity index (χ4v) is 2.39. The van der Waals surface area contributed by atoms with E-state index >= 15 is 0 Å². The van der Waals surface area contributed by atoms with Gasteiger partial charge in [0, 0.05) is 26.6 Å². The molecule has 0 aromatic heterocycles. The molecule has 0 aromatic rings. The molecule has 0 aliphatic carbocycles. The van der Waals surface area contributed by atoms with Crippen molar-refractivity contribution in [1.82, 2.24) is 15.1 Å². The Labute approximate surface area is 106 Å². The lowest BCUT2D eigenvalue weighted by Gasteiger charge is -2.28. The van der Waals surface area contributed by atoms with Crippen LogP contribution in [0, 0.1) is 0 Å². The molecule has 2 heterocycles. The SMILES string of the molecule is CN1C(=O)CCC(NCC(=O)N2CCCC2)C1=O. The minimum absolute atomic E-state index is 0.0415. The molecule has 6 heteroatoms. The number of rotatable bonds is 3. The van der Waals surface area contributed by atoms with Crippen molar-refractivity contribution in [3.05, 3.63) is 0 Å². The predicted octanol–water partition coefficient (Wildman–Crippen LogP) is -0.654. The van der Waals surface area contributed by atoms with Gasteiger partial charge in [-0.3, -0.25) is 24.6 Å². The number of piperidine rings is 1. The van der Waals surface area contributed by atoms with Gasteiger partial charge in [0.25, 0.3) is 0 Å². The van der Waals surface area contributed by atoms with Crippen molar-refractivity contribution < 1.29 is 14.4 Å². The van der Waals surface area contributed by atoms with E-state index in [1.54, 1.807) is 0 Å². The lowest BCUT2D eigenvalue weighted by Crippen LogP contribution is -2.53. The van der Waals surface area contributed by atoms with Gasteiger partial charge in [-0.25, -0.2) is 0 Å². The topological polar surface area (TPSA) is 69.7 Å². The fourth-order valence-electron chi connectivity index (χ4n) is 2.39. The third-order valence-electron chi connectivity index (χ3n) is 3.61. The second-order valence-corrected chi connectivity index (χ2v) is 4.85. The molecule has 2 aliphatic heterocycles. The van der Waals surface area contributed by atoms with Crippen LogP contribution in [-0.2, 0) is 14.4 Å². The highest BCUT2D eigenvalue weighted by Gasteiger charge is 2.32. The number of likely N-dealkylation sites (N-methyl/N-ethyl adjacent to an activating group) is 1. The van der Waals surface area contributed by atoms with Crippen molar-refractivity contribution in [3.8, 4) is 0 Å². The summed E-state index contributed by atoms with van der Waals surface area (Å²) in [5, 5.41) is 2.96. The Kier molecular flexibility index (Phi) is 3.96. The van der Waals surface area contributed by atoms with Crippen LogP contribution >= 0.6 is 0 Å². The minimum atomic E-state index is -0.403. The van der Waals surface area contributed by atoms with Crippen molar-refractivity contribution in [2.75, 3.05) is 26.7 Å². The van der Waals surface area contributed by atoms with Crippen LogP contribution < -0.4 is 5.32 Å². The molecule has 2 fully saturated rings. The molecule has 2 rings (SSSR count). The fraction of sp³-hybridized carbons (Fsp3) is 0.750. The molecule has 2 aliphatic rings. The maximum Gasteiger partial charge on any atom is 0.246 e. The molecule has 1 unspecified atom stereocenters. The molecule has 0 spiro atoms. The quantitative estimate of drug-likeness (QED) is 0.678. The van der Waals surface area contributed by atoms with Gasteiger partial charge in [-0.05, 0) is 19.3 Å². The van der Waals surface area contributed by atoms with E-state index in [0.717, 1.165) is 30.8 Å². The predicted molar refractivity (Wildman–Crippen MR) is 64.6 cm³/mol. The first kappa shape index (κ1) is 13.0. The number of carbonyl (C=O) groups is 3. The zero-order valence-corrected chi connectivity index (χ0v) is 10.6. The summed E-state index contributed by atoms with van der Waals surface area (Å²) in [5.74, 6) is -0.343. The third kappa shape index (κ3) is 2.69. The largest absolute Gasteiger partial charge is 0.342 e. The van der Waals surface area contributed by atoms with Gasteiger partial charge in [-0.1, -0.05) is 0 Å². The smallest absolute Gasteiger partial charge is 0.246 e. The van der Waals surface area contributed by atoms with Crippen LogP contribution in [0.5, 0.6) is 0 Å². The number of likely N-dealkylation sites (tertiary alicyclic amines) is 2. The van der Waals surface area contributed by atoms with Gasteiger partial charge < -0.3 is 4.90 Å². The van der Waals surface area contributed by atoms with Crippen molar-refractivity contribution in [1.29, 1.82) is 0 Å². The number of nitrogens with one attached hydrogen (secondary N) is 1. The van der Waals surface area contributed by atoms with E-state index in [0.29, 0.717) is 12.8 Å². The Balaban J connectivity index is 1.81. The van der Waals surface area contributed by atoms with Crippen molar-refractivity contribution in [2.24, 2.45) is 0 Å². The highest BCUT2D eigenvalue weighted by atomic mass is 16.2. The van der Waals surface area contributed by atoms with E-state index in [2.05, 4.69) is 5.32 Å². The number of hydrogen-bond donors (Lipinski definition) is 1. The summed E-state index contributed by atoms with van der Waals surface area (Å²) < 4.78 is 0. The summed E-state index contributed by atoms with van der Waals surface area (Å²) in [6.07, 6.45) is 2.96. The highest BCUT2D eigenvalue weighted by Crippen LogP contribution is 2.12. The maximum absolute atomic E-state index is 11.8. The standard InChI is InChI=1S/C12H19N3O3/c1-14-10(16)5-4-9(12(14)18)13-8-11(17)15-6-2-3-7-15/h9,13H,2-8H2,1H3. The first-order valence-electron chi connectivity index (χ1n) is 6.41. The molecule has 0 aromatic carbocycles. The van der Waals surface area contributed by atoms with Gasteiger partial charge in [-0.2, -0.15) is 0 Å². The van der Waals surface area contributed by atoms with Gasteiger partial charge in [-0.15, -0.1) is 0 Å².